The Balaban J connectivity index is 2.99. The van der Waals surface area contributed by atoms with Crippen LogP contribution in [-0.2, 0) is 11.0 Å². The van der Waals surface area contributed by atoms with Crippen molar-refractivity contribution in [2.24, 2.45) is 5.73 Å². The molecule has 0 aliphatic heterocycles. The number of carbonyl (C=O) groups excluding carboxylic acids is 1. The van der Waals surface area contributed by atoms with Crippen molar-refractivity contribution in [1.82, 2.24) is 10.2 Å². The predicted octanol–water partition coefficient (Wildman–Crippen LogP) is 1.63. The van der Waals surface area contributed by atoms with Crippen molar-refractivity contribution in [3.63, 3.8) is 0 Å². The lowest BCUT2D eigenvalue weighted by Gasteiger charge is -2.03. The lowest BCUT2D eigenvalue weighted by Crippen LogP contribution is -2.09. The second kappa shape index (κ2) is 4.38. The molecule has 0 bridgehead atoms. The second-order valence-electron chi connectivity index (χ2n) is 3.18. The summed E-state index contributed by atoms with van der Waals surface area (Å²) in [4.78, 5) is 10.4. The van der Waals surface area contributed by atoms with Gasteiger partial charge in [-0.3, -0.25) is 9.89 Å². The smallest absolute Gasteiger partial charge is 0.369 e. The molecule has 0 aliphatic rings. The molecule has 0 atom stereocenters. The van der Waals surface area contributed by atoms with Crippen LogP contribution in [0, 0.1) is 6.92 Å². The van der Waals surface area contributed by atoms with Crippen molar-refractivity contribution in [2.75, 3.05) is 0 Å². The van der Waals surface area contributed by atoms with E-state index in [1.54, 1.807) is 0 Å². The van der Waals surface area contributed by atoms with E-state index >= 15 is 0 Å². The van der Waals surface area contributed by atoms with Crippen molar-refractivity contribution in [2.45, 2.75) is 19.5 Å². The number of H-pyrrole nitrogens is 1. The monoisotopic (exact) mass is 233 g/mol. The summed E-state index contributed by atoms with van der Waals surface area (Å²) in [6.45, 7) is 1.46. The number of carbonyl (C=O) groups is 1. The van der Waals surface area contributed by atoms with Gasteiger partial charge >= 0.3 is 6.18 Å². The van der Waals surface area contributed by atoms with Crippen LogP contribution in [0.2, 0.25) is 0 Å². The zero-order chi connectivity index (χ0) is 12.3. The van der Waals surface area contributed by atoms with Gasteiger partial charge in [0.05, 0.1) is 0 Å². The molecule has 1 heterocycles. The Bertz CT molecular complexity index is 420. The van der Waals surface area contributed by atoms with Crippen LogP contribution in [0.3, 0.4) is 0 Å². The fourth-order valence-electron chi connectivity index (χ4n) is 1.15. The van der Waals surface area contributed by atoms with E-state index in [9.17, 15) is 18.0 Å². The summed E-state index contributed by atoms with van der Waals surface area (Å²) in [6.07, 6.45) is -2.17. The van der Waals surface area contributed by atoms with Gasteiger partial charge in [0.1, 0.15) is 0 Å². The largest absolute Gasteiger partial charge is 0.435 e. The van der Waals surface area contributed by atoms with Gasteiger partial charge in [-0.15, -0.1) is 0 Å². The number of aromatic nitrogens is 2. The van der Waals surface area contributed by atoms with Crippen LogP contribution >= 0.6 is 0 Å². The van der Waals surface area contributed by atoms with E-state index in [-0.39, 0.29) is 17.7 Å². The second-order valence-corrected chi connectivity index (χ2v) is 3.18. The van der Waals surface area contributed by atoms with E-state index in [4.69, 9.17) is 5.73 Å². The molecular weight excluding hydrogens is 223 g/mol. The molecule has 0 fully saturated rings. The van der Waals surface area contributed by atoms with Crippen molar-refractivity contribution >= 4 is 12.0 Å². The molecule has 0 aliphatic carbocycles. The molecule has 0 spiro atoms. The van der Waals surface area contributed by atoms with Crippen molar-refractivity contribution in [1.29, 1.82) is 0 Å². The summed E-state index contributed by atoms with van der Waals surface area (Å²) in [5.74, 6) is -0.606. The zero-order valence-corrected chi connectivity index (χ0v) is 8.43. The Morgan fingerprint density at radius 1 is 1.56 bits per heavy atom. The normalized spacial score (nSPS) is 12.2. The minimum absolute atomic E-state index is 0.0752. The summed E-state index contributed by atoms with van der Waals surface area (Å²) in [6, 6.07) is 0. The molecule has 1 aromatic rings. The van der Waals surface area contributed by atoms with Gasteiger partial charge in [0.15, 0.2) is 5.69 Å². The molecule has 3 N–H and O–H groups in total. The van der Waals surface area contributed by atoms with Gasteiger partial charge in [-0.25, -0.2) is 0 Å². The van der Waals surface area contributed by atoms with Crippen LogP contribution < -0.4 is 5.73 Å². The summed E-state index contributed by atoms with van der Waals surface area (Å²) in [5, 5.41) is 5.41. The number of hydrogen-bond donors (Lipinski definition) is 2. The number of primary amides is 1. The first kappa shape index (κ1) is 12.3. The van der Waals surface area contributed by atoms with Gasteiger partial charge in [-0.2, -0.15) is 18.3 Å². The van der Waals surface area contributed by atoms with E-state index in [1.165, 1.54) is 19.1 Å². The third-order valence-electron chi connectivity index (χ3n) is 1.87. The molecule has 0 radical (unpaired) electrons. The fraction of sp³-hybridized carbons (Fsp3) is 0.333. The molecule has 7 heteroatoms. The number of nitrogens with one attached hydrogen (secondary N) is 1. The van der Waals surface area contributed by atoms with Crippen LogP contribution in [0.4, 0.5) is 13.2 Å². The minimum Gasteiger partial charge on any atom is -0.369 e. The number of amides is 1. The third kappa shape index (κ3) is 2.85. The van der Waals surface area contributed by atoms with Gasteiger partial charge in [0.2, 0.25) is 5.91 Å². The number of nitrogens with zero attached hydrogens (tertiary/aromatic N) is 1. The van der Waals surface area contributed by atoms with Crippen LogP contribution in [0.25, 0.3) is 6.08 Å². The van der Waals surface area contributed by atoms with Crippen molar-refractivity contribution in [3.8, 4) is 0 Å². The van der Waals surface area contributed by atoms with Gasteiger partial charge in [0, 0.05) is 17.7 Å². The maximum Gasteiger partial charge on any atom is 0.435 e. The van der Waals surface area contributed by atoms with Crippen molar-refractivity contribution < 1.29 is 18.0 Å². The van der Waals surface area contributed by atoms with Crippen LogP contribution in [0.5, 0.6) is 0 Å². The Labute approximate surface area is 89.3 Å². The number of nitrogens with two attached hydrogens (primary N) is 1. The summed E-state index contributed by atoms with van der Waals surface area (Å²) >= 11 is 0. The standard InChI is InChI=1S/C9H10F3N3O/c1-5-6(3-2-4-7(13)16)8(15-14-5)9(10,11)12/h2-3H,4H2,1H3,(H2,13,16)(H,14,15). The topological polar surface area (TPSA) is 71.8 Å². The lowest BCUT2D eigenvalue weighted by atomic mass is 10.1. The van der Waals surface area contributed by atoms with E-state index in [2.05, 4.69) is 10.2 Å². The molecule has 0 saturated heterocycles. The number of rotatable bonds is 3. The van der Waals surface area contributed by atoms with Gasteiger partial charge in [-0.1, -0.05) is 12.2 Å². The summed E-state index contributed by atoms with van der Waals surface area (Å²) in [5.41, 5.74) is 4.07. The highest BCUT2D eigenvalue weighted by Gasteiger charge is 2.36. The number of halogens is 3. The Hall–Kier alpha value is -1.79. The molecule has 1 amide bonds. The van der Waals surface area contributed by atoms with Crippen LogP contribution in [-0.4, -0.2) is 16.1 Å². The summed E-state index contributed by atoms with van der Waals surface area (Å²) < 4.78 is 37.3. The highest BCUT2D eigenvalue weighted by atomic mass is 19.4. The SMILES string of the molecule is Cc1[nH]nc(C(F)(F)F)c1C=CCC(N)=O. The van der Waals surface area contributed by atoms with E-state index in [0.29, 0.717) is 0 Å². The fourth-order valence-corrected chi connectivity index (χ4v) is 1.15. The average molecular weight is 233 g/mol. The first-order valence-corrected chi connectivity index (χ1v) is 4.39. The molecular formula is C9H10F3N3O. The Morgan fingerprint density at radius 2 is 2.19 bits per heavy atom. The van der Waals surface area contributed by atoms with Crippen LogP contribution in [0.1, 0.15) is 23.4 Å². The molecule has 4 nitrogen and oxygen atoms in total. The molecule has 1 rings (SSSR count). The van der Waals surface area contributed by atoms with E-state index in [0.717, 1.165) is 0 Å². The van der Waals surface area contributed by atoms with Crippen molar-refractivity contribution in [3.05, 3.63) is 23.0 Å². The highest BCUT2D eigenvalue weighted by Crippen LogP contribution is 2.32. The van der Waals surface area contributed by atoms with Crippen LogP contribution in [0.15, 0.2) is 6.08 Å². The maximum atomic E-state index is 12.4. The Kier molecular flexibility index (Phi) is 3.36. The molecule has 1 aromatic heterocycles. The number of aromatic amines is 1. The number of alkyl halides is 3. The summed E-state index contributed by atoms with van der Waals surface area (Å²) in [7, 11) is 0. The quantitative estimate of drug-likeness (QED) is 0.832. The zero-order valence-electron chi connectivity index (χ0n) is 8.43. The highest BCUT2D eigenvalue weighted by molar-refractivity contribution is 5.76. The van der Waals surface area contributed by atoms with E-state index in [1.807, 2.05) is 0 Å². The van der Waals surface area contributed by atoms with E-state index < -0.39 is 17.8 Å². The number of aryl methyl sites for hydroxylation is 1. The third-order valence-corrected chi connectivity index (χ3v) is 1.87. The van der Waals surface area contributed by atoms with Gasteiger partial charge < -0.3 is 5.73 Å². The number of hydrogen-bond acceptors (Lipinski definition) is 2. The molecule has 0 aromatic carbocycles. The Morgan fingerprint density at radius 3 is 2.69 bits per heavy atom. The lowest BCUT2D eigenvalue weighted by molar-refractivity contribution is -0.141. The van der Waals surface area contributed by atoms with Gasteiger partial charge in [0.25, 0.3) is 0 Å². The minimum atomic E-state index is -4.52. The predicted molar refractivity (Wildman–Crippen MR) is 51.2 cm³/mol. The molecule has 0 saturated carbocycles. The molecule has 16 heavy (non-hydrogen) atoms. The first-order valence-electron chi connectivity index (χ1n) is 4.39. The molecule has 0 unspecified atom stereocenters. The average Bonchev–Trinajstić information content (AvgIpc) is 2.46. The molecule has 88 valence electrons. The first-order chi connectivity index (χ1) is 7.32. The maximum absolute atomic E-state index is 12.4. The van der Waals surface area contributed by atoms with Gasteiger partial charge in [-0.05, 0) is 6.92 Å².